The fraction of sp³-hybridized carbons (Fsp3) is 0.697. The molecule has 242 valence electrons. The molecule has 3 N–H and O–H groups in total. The smallest absolute Gasteiger partial charge is 0.326 e. The number of rotatable bonds is 13. The van der Waals surface area contributed by atoms with E-state index in [9.17, 15) is 29.4 Å². The fourth-order valence-electron chi connectivity index (χ4n) is 6.16. The minimum atomic E-state index is -1.13. The third-order valence-corrected chi connectivity index (χ3v) is 8.92. The van der Waals surface area contributed by atoms with Crippen LogP contribution in [0.3, 0.4) is 0 Å². The van der Waals surface area contributed by atoms with Crippen molar-refractivity contribution in [3.05, 3.63) is 35.9 Å². The van der Waals surface area contributed by atoms with Gasteiger partial charge in [-0.25, -0.2) is 4.79 Å². The minimum absolute atomic E-state index is 0.0115. The molecule has 1 aliphatic rings. The number of likely N-dealkylation sites (tertiary alicyclic amines) is 1. The summed E-state index contributed by atoms with van der Waals surface area (Å²) in [5, 5.41) is 22.5. The Labute approximate surface area is 257 Å². The van der Waals surface area contributed by atoms with E-state index in [1.807, 2.05) is 71.9 Å². The Bertz CT molecular complexity index is 1120. The first kappa shape index (κ1) is 36.2. The summed E-state index contributed by atoms with van der Waals surface area (Å²) in [4.78, 5) is 57.2. The van der Waals surface area contributed by atoms with Crippen molar-refractivity contribution in [1.29, 1.82) is 0 Å². The van der Waals surface area contributed by atoms with Crippen molar-refractivity contribution < 1.29 is 29.4 Å². The van der Waals surface area contributed by atoms with E-state index in [1.54, 1.807) is 23.9 Å². The average Bonchev–Trinajstić information content (AvgIpc) is 3.31. The number of carboxylic acids is 1. The number of carbonyl (C=O) groups is 4. The van der Waals surface area contributed by atoms with Crippen molar-refractivity contribution in [2.45, 2.75) is 97.9 Å². The molecule has 3 amide bonds. The van der Waals surface area contributed by atoms with Gasteiger partial charge in [-0.1, -0.05) is 85.7 Å². The lowest BCUT2D eigenvalue weighted by Crippen LogP contribution is -2.59. The van der Waals surface area contributed by atoms with Crippen molar-refractivity contribution in [2.75, 3.05) is 33.7 Å². The highest BCUT2D eigenvalue weighted by Gasteiger charge is 2.42. The molecule has 2 rings (SSSR count). The minimum Gasteiger partial charge on any atom is -0.480 e. The van der Waals surface area contributed by atoms with Gasteiger partial charge in [0, 0.05) is 43.9 Å². The molecule has 10 heteroatoms. The second-order valence-electron chi connectivity index (χ2n) is 14.1. The zero-order valence-corrected chi connectivity index (χ0v) is 27.8. The molecule has 5 atom stereocenters. The molecule has 0 spiro atoms. The highest BCUT2D eigenvalue weighted by molar-refractivity contribution is 5.90. The maximum Gasteiger partial charge on any atom is 0.326 e. The third kappa shape index (κ3) is 9.01. The molecular weight excluding hydrogens is 548 g/mol. The predicted molar refractivity (Wildman–Crippen MR) is 167 cm³/mol. The van der Waals surface area contributed by atoms with E-state index in [1.165, 1.54) is 4.90 Å². The van der Waals surface area contributed by atoms with E-state index in [4.69, 9.17) is 0 Å². The standard InChI is InChI=1S/C33H54N4O6/c1-11-24(33(7,8)22-15-13-12-14-16-22)29(40)34-28(32(4,5)6)30(41)36(10)26(21(2)3)19-35(9)20-27(39)37-18-23(38)17-25(37)31(42)43/h12-16,21,23-26,28,38H,11,17-20H2,1-10H3,(H,34,40)(H,42,43)/t23-,24-,25+,26-,28-/m1/s1. The van der Waals surface area contributed by atoms with E-state index in [0.29, 0.717) is 13.0 Å². The summed E-state index contributed by atoms with van der Waals surface area (Å²) < 4.78 is 0. The summed E-state index contributed by atoms with van der Waals surface area (Å²) in [7, 11) is 3.49. The largest absolute Gasteiger partial charge is 0.480 e. The molecule has 1 aromatic carbocycles. The van der Waals surface area contributed by atoms with E-state index in [-0.39, 0.29) is 55.1 Å². The van der Waals surface area contributed by atoms with Crippen molar-refractivity contribution in [2.24, 2.45) is 17.3 Å². The lowest BCUT2D eigenvalue weighted by Gasteiger charge is -2.41. The Balaban J connectivity index is 2.21. The van der Waals surface area contributed by atoms with Crippen LogP contribution in [-0.2, 0) is 24.6 Å². The highest BCUT2D eigenvalue weighted by Crippen LogP contribution is 2.35. The first-order chi connectivity index (χ1) is 19.8. The van der Waals surface area contributed by atoms with Gasteiger partial charge in [0.2, 0.25) is 17.7 Å². The number of carbonyl (C=O) groups excluding carboxylic acids is 3. The van der Waals surface area contributed by atoms with Gasteiger partial charge in [0.15, 0.2) is 0 Å². The molecule has 0 bridgehead atoms. The summed E-state index contributed by atoms with van der Waals surface area (Å²) in [6, 6.07) is 7.83. The van der Waals surface area contributed by atoms with Crippen LogP contribution in [0.1, 0.15) is 73.8 Å². The molecule has 1 heterocycles. The van der Waals surface area contributed by atoms with E-state index in [0.717, 1.165) is 5.56 Å². The number of aliphatic carboxylic acids is 1. The molecule has 0 aliphatic carbocycles. The highest BCUT2D eigenvalue weighted by atomic mass is 16.4. The Hall–Kier alpha value is -2.98. The Morgan fingerprint density at radius 3 is 2.12 bits per heavy atom. The first-order valence-electron chi connectivity index (χ1n) is 15.3. The van der Waals surface area contributed by atoms with Gasteiger partial charge in [0.05, 0.1) is 12.6 Å². The normalized spacial score (nSPS) is 19.7. The number of aliphatic hydroxyl groups excluding tert-OH is 1. The van der Waals surface area contributed by atoms with Gasteiger partial charge < -0.3 is 25.3 Å². The number of amides is 3. The topological polar surface area (TPSA) is 130 Å². The summed E-state index contributed by atoms with van der Waals surface area (Å²) in [5.41, 5.74) is 0.0450. The first-order valence-corrected chi connectivity index (χ1v) is 15.3. The number of nitrogens with one attached hydrogen (secondary N) is 1. The Morgan fingerprint density at radius 2 is 1.63 bits per heavy atom. The summed E-state index contributed by atoms with van der Waals surface area (Å²) in [6.45, 7) is 16.2. The summed E-state index contributed by atoms with van der Waals surface area (Å²) >= 11 is 0. The number of nitrogens with zero attached hydrogens (tertiary/aromatic N) is 3. The van der Waals surface area contributed by atoms with E-state index in [2.05, 4.69) is 19.2 Å². The summed E-state index contributed by atoms with van der Waals surface area (Å²) in [6.07, 6.45) is -0.241. The number of carboxylic acid groups (broad SMARTS) is 1. The van der Waals surface area contributed by atoms with Crippen LogP contribution in [0.25, 0.3) is 0 Å². The van der Waals surface area contributed by atoms with Crippen molar-refractivity contribution in [1.82, 2.24) is 20.0 Å². The molecule has 0 radical (unpaired) electrons. The van der Waals surface area contributed by atoms with Crippen LogP contribution >= 0.6 is 0 Å². The third-order valence-electron chi connectivity index (χ3n) is 8.92. The van der Waals surface area contributed by atoms with Crippen LogP contribution in [0.5, 0.6) is 0 Å². The fourth-order valence-corrected chi connectivity index (χ4v) is 6.16. The number of β-amino-alcohol motifs (C(OH)–C–C–N with tert-alkyl or cyclic N) is 1. The summed E-state index contributed by atoms with van der Waals surface area (Å²) in [5.74, 6) is -2.21. The van der Waals surface area contributed by atoms with Crippen LogP contribution < -0.4 is 5.32 Å². The zero-order chi connectivity index (χ0) is 32.9. The molecule has 1 saturated heterocycles. The number of benzene rings is 1. The van der Waals surface area contributed by atoms with Crippen molar-refractivity contribution in [3.63, 3.8) is 0 Å². The van der Waals surface area contributed by atoms with Gasteiger partial charge in [-0.3, -0.25) is 19.3 Å². The van der Waals surface area contributed by atoms with Gasteiger partial charge in [0.25, 0.3) is 0 Å². The number of hydrogen-bond acceptors (Lipinski definition) is 6. The van der Waals surface area contributed by atoms with Gasteiger partial charge in [-0.05, 0) is 30.4 Å². The average molecular weight is 603 g/mol. The molecule has 1 aromatic rings. The second-order valence-corrected chi connectivity index (χ2v) is 14.1. The maximum atomic E-state index is 14.1. The van der Waals surface area contributed by atoms with Crippen molar-refractivity contribution in [3.8, 4) is 0 Å². The lowest BCUT2D eigenvalue weighted by molar-refractivity contribution is -0.148. The van der Waals surface area contributed by atoms with Crippen molar-refractivity contribution >= 4 is 23.7 Å². The molecule has 10 nitrogen and oxygen atoms in total. The molecule has 0 saturated carbocycles. The van der Waals surface area contributed by atoms with Crippen LogP contribution in [0.15, 0.2) is 30.3 Å². The molecular formula is C33H54N4O6. The van der Waals surface area contributed by atoms with Crippen LogP contribution in [0, 0.1) is 17.3 Å². The lowest BCUT2D eigenvalue weighted by atomic mass is 9.71. The Kier molecular flexibility index (Phi) is 12.3. The number of likely N-dealkylation sites (N-methyl/N-ethyl adjacent to an activating group) is 2. The molecule has 1 aliphatic heterocycles. The zero-order valence-electron chi connectivity index (χ0n) is 27.8. The van der Waals surface area contributed by atoms with Gasteiger partial charge in [-0.15, -0.1) is 0 Å². The maximum absolute atomic E-state index is 14.1. The molecule has 0 unspecified atom stereocenters. The van der Waals surface area contributed by atoms with Crippen LogP contribution in [0.2, 0.25) is 0 Å². The SMILES string of the molecule is CC[C@H](C(=O)N[C@H](C(=O)N(C)[C@H](CN(C)CC(=O)N1C[C@H](O)C[C@H]1C(=O)O)C(C)C)C(C)(C)C)C(C)(C)c1ccccc1. The molecule has 0 aromatic heterocycles. The second kappa shape index (κ2) is 14.7. The number of hydrogen-bond donors (Lipinski definition) is 3. The quantitative estimate of drug-likeness (QED) is 0.317. The Morgan fingerprint density at radius 1 is 1.05 bits per heavy atom. The van der Waals surface area contributed by atoms with Crippen LogP contribution in [0.4, 0.5) is 0 Å². The van der Waals surface area contributed by atoms with E-state index < -0.39 is 35.0 Å². The number of aliphatic hydroxyl groups is 1. The van der Waals surface area contributed by atoms with E-state index >= 15 is 0 Å². The van der Waals surface area contributed by atoms with Gasteiger partial charge in [-0.2, -0.15) is 0 Å². The van der Waals surface area contributed by atoms with Crippen LogP contribution in [-0.4, -0.2) is 107 Å². The molecule has 43 heavy (non-hydrogen) atoms. The predicted octanol–water partition coefficient (Wildman–Crippen LogP) is 2.98. The monoisotopic (exact) mass is 602 g/mol. The van der Waals surface area contributed by atoms with Gasteiger partial charge in [0.1, 0.15) is 12.1 Å². The molecule has 1 fully saturated rings. The van der Waals surface area contributed by atoms with Gasteiger partial charge >= 0.3 is 5.97 Å².